The molecule has 142 valence electrons. The van der Waals surface area contributed by atoms with Crippen LogP contribution >= 0.6 is 12.2 Å². The van der Waals surface area contributed by atoms with Crippen LogP contribution in [0.3, 0.4) is 0 Å². The Morgan fingerprint density at radius 3 is 2.54 bits per heavy atom. The van der Waals surface area contributed by atoms with Crippen LogP contribution in [-0.2, 0) is 14.3 Å². The second-order valence-electron chi connectivity index (χ2n) is 4.76. The Kier molecular flexibility index (Phi) is 8.57. The summed E-state index contributed by atoms with van der Waals surface area (Å²) in [5, 5.41) is 9.08. The number of rotatable bonds is 10. The van der Waals surface area contributed by atoms with E-state index in [4.69, 9.17) is 20.9 Å². The molecule has 1 aromatic carbocycles. The number of nitrogens with two attached hydrogens (primary N) is 2. The van der Waals surface area contributed by atoms with Crippen molar-refractivity contribution in [3.63, 3.8) is 0 Å². The predicted molar refractivity (Wildman–Crippen MR) is 92.1 cm³/mol. The second-order valence-corrected chi connectivity index (χ2v) is 5.29. The summed E-state index contributed by atoms with van der Waals surface area (Å²) < 4.78 is 14.6. The first kappa shape index (κ1) is 20.9. The highest BCUT2D eigenvalue weighted by Crippen LogP contribution is 2.23. The van der Waals surface area contributed by atoms with Gasteiger partial charge in [-0.1, -0.05) is 12.2 Å². The molecule has 0 saturated carbocycles. The first-order valence-corrected chi connectivity index (χ1v) is 7.67. The first-order chi connectivity index (χ1) is 12.3. The summed E-state index contributed by atoms with van der Waals surface area (Å²) in [7, 11) is 0. The summed E-state index contributed by atoms with van der Waals surface area (Å²) in [5.41, 5.74) is 11.0. The van der Waals surface area contributed by atoms with Crippen molar-refractivity contribution in [2.45, 2.75) is 12.8 Å². The molecule has 0 saturated heterocycles. The van der Waals surface area contributed by atoms with E-state index >= 15 is 0 Å². The highest BCUT2D eigenvalue weighted by atomic mass is 32.1. The fourth-order valence-electron chi connectivity index (χ4n) is 1.63. The van der Waals surface area contributed by atoms with E-state index in [0.717, 1.165) is 0 Å². The SMILES string of the molecule is NC(=S)COC(=O)Oc1cc(N)ccc1C(=O)OCCCCO[N+](=O)[O-]. The lowest BCUT2D eigenvalue weighted by molar-refractivity contribution is -0.757. The zero-order valence-electron chi connectivity index (χ0n) is 13.5. The van der Waals surface area contributed by atoms with Gasteiger partial charge >= 0.3 is 12.1 Å². The van der Waals surface area contributed by atoms with Crippen LogP contribution in [0.1, 0.15) is 23.2 Å². The third kappa shape index (κ3) is 8.10. The van der Waals surface area contributed by atoms with Gasteiger partial charge in [0.25, 0.3) is 5.09 Å². The number of carbonyl (C=O) groups is 2. The van der Waals surface area contributed by atoms with E-state index < -0.39 is 17.2 Å². The summed E-state index contributed by atoms with van der Waals surface area (Å²) in [6.07, 6.45) is -0.444. The minimum absolute atomic E-state index is 0.00435. The van der Waals surface area contributed by atoms with Crippen LogP contribution in [0.4, 0.5) is 10.5 Å². The van der Waals surface area contributed by atoms with Crippen molar-refractivity contribution in [1.82, 2.24) is 0 Å². The molecule has 0 amide bonds. The highest BCUT2D eigenvalue weighted by molar-refractivity contribution is 7.80. The molecule has 0 radical (unpaired) electrons. The van der Waals surface area contributed by atoms with Gasteiger partial charge in [0.05, 0.1) is 13.2 Å². The average Bonchev–Trinajstić information content (AvgIpc) is 2.55. The van der Waals surface area contributed by atoms with Crippen LogP contribution in [0.15, 0.2) is 18.2 Å². The number of hydrogen-bond acceptors (Lipinski definition) is 10. The van der Waals surface area contributed by atoms with Crippen molar-refractivity contribution in [3.05, 3.63) is 33.9 Å². The number of anilines is 1. The molecule has 0 aliphatic heterocycles. The Bertz CT molecular complexity index is 682. The Labute approximate surface area is 153 Å². The fraction of sp³-hybridized carbons (Fsp3) is 0.357. The molecule has 0 aliphatic rings. The molecule has 0 spiro atoms. The number of ether oxygens (including phenoxy) is 3. The Morgan fingerprint density at radius 1 is 1.19 bits per heavy atom. The maximum Gasteiger partial charge on any atom is 0.514 e. The van der Waals surface area contributed by atoms with Crippen LogP contribution in [-0.4, -0.2) is 42.0 Å². The summed E-state index contributed by atoms with van der Waals surface area (Å²) in [5.74, 6) is -0.919. The van der Waals surface area contributed by atoms with Crippen LogP contribution in [0.5, 0.6) is 5.75 Å². The van der Waals surface area contributed by atoms with Gasteiger partial charge in [-0.25, -0.2) is 9.59 Å². The van der Waals surface area contributed by atoms with Gasteiger partial charge < -0.3 is 30.5 Å². The molecule has 0 aromatic heterocycles. The quantitative estimate of drug-likeness (QED) is 0.113. The number of benzene rings is 1. The molecule has 0 unspecified atom stereocenters. The Morgan fingerprint density at radius 2 is 1.88 bits per heavy atom. The van der Waals surface area contributed by atoms with Crippen molar-refractivity contribution in [2.75, 3.05) is 25.6 Å². The Balaban J connectivity index is 2.59. The van der Waals surface area contributed by atoms with Gasteiger partial charge in [0, 0.05) is 11.8 Å². The summed E-state index contributed by atoms with van der Waals surface area (Å²) in [6.45, 7) is -0.423. The van der Waals surface area contributed by atoms with Gasteiger partial charge in [0.15, 0.2) is 5.75 Å². The van der Waals surface area contributed by atoms with Gasteiger partial charge in [0.2, 0.25) is 0 Å². The normalized spacial score (nSPS) is 9.85. The molecule has 0 heterocycles. The third-order valence-corrected chi connectivity index (χ3v) is 2.84. The molecular formula is C14H17N3O8S. The zero-order chi connectivity index (χ0) is 19.5. The Hall–Kier alpha value is -3.15. The molecule has 12 heteroatoms. The molecule has 0 aliphatic carbocycles. The van der Waals surface area contributed by atoms with Crippen LogP contribution in [0, 0.1) is 10.1 Å². The van der Waals surface area contributed by atoms with Gasteiger partial charge in [-0.3, -0.25) is 0 Å². The van der Waals surface area contributed by atoms with E-state index in [2.05, 4.69) is 21.8 Å². The number of esters is 1. The number of nitrogens with zero attached hydrogens (tertiary/aromatic N) is 1. The van der Waals surface area contributed by atoms with E-state index in [1.165, 1.54) is 18.2 Å². The molecule has 26 heavy (non-hydrogen) atoms. The summed E-state index contributed by atoms with van der Waals surface area (Å²) in [6, 6.07) is 4.00. The van der Waals surface area contributed by atoms with Crippen molar-refractivity contribution < 1.29 is 33.7 Å². The van der Waals surface area contributed by atoms with Crippen molar-refractivity contribution in [2.24, 2.45) is 5.73 Å². The molecule has 0 fully saturated rings. The lowest BCUT2D eigenvalue weighted by Crippen LogP contribution is -2.21. The van der Waals surface area contributed by atoms with Crippen LogP contribution < -0.4 is 16.2 Å². The second kappa shape index (κ2) is 10.7. The number of thiocarbonyl (C=S) groups is 1. The molecule has 11 nitrogen and oxygen atoms in total. The molecular weight excluding hydrogens is 370 g/mol. The van der Waals surface area contributed by atoms with Gasteiger partial charge in [-0.15, -0.1) is 10.1 Å². The van der Waals surface area contributed by atoms with Gasteiger partial charge in [0.1, 0.15) is 17.2 Å². The van der Waals surface area contributed by atoms with E-state index in [1.807, 2.05) is 0 Å². The monoisotopic (exact) mass is 387 g/mol. The first-order valence-electron chi connectivity index (χ1n) is 7.26. The predicted octanol–water partition coefficient (Wildman–Crippen LogP) is 1.22. The standard InChI is InChI=1S/C14H17N3O8S/c15-9-3-4-10(11(7-9)25-14(19)23-8-12(16)26)13(18)22-5-1-2-6-24-17(20)21/h3-4,7H,1-2,5-6,8,15H2,(H2,16,26). The van der Waals surface area contributed by atoms with E-state index in [1.54, 1.807) is 0 Å². The zero-order valence-corrected chi connectivity index (χ0v) is 14.4. The van der Waals surface area contributed by atoms with E-state index in [9.17, 15) is 19.7 Å². The van der Waals surface area contributed by atoms with Crippen molar-refractivity contribution in [3.8, 4) is 5.75 Å². The third-order valence-electron chi connectivity index (χ3n) is 2.72. The largest absolute Gasteiger partial charge is 0.514 e. The van der Waals surface area contributed by atoms with E-state index in [-0.39, 0.29) is 41.8 Å². The molecule has 4 N–H and O–H groups in total. The molecule has 0 bridgehead atoms. The highest BCUT2D eigenvalue weighted by Gasteiger charge is 2.18. The molecule has 1 rings (SSSR count). The number of carbonyl (C=O) groups excluding carboxylic acids is 2. The van der Waals surface area contributed by atoms with Crippen LogP contribution in [0.25, 0.3) is 0 Å². The minimum Gasteiger partial charge on any atom is -0.462 e. The lowest BCUT2D eigenvalue weighted by atomic mass is 10.2. The lowest BCUT2D eigenvalue weighted by Gasteiger charge is -2.11. The van der Waals surface area contributed by atoms with Gasteiger partial charge in [-0.2, -0.15) is 0 Å². The van der Waals surface area contributed by atoms with Gasteiger partial charge in [-0.05, 0) is 25.0 Å². The van der Waals surface area contributed by atoms with Crippen molar-refractivity contribution in [1.29, 1.82) is 0 Å². The number of hydrogen-bond donors (Lipinski definition) is 2. The smallest absolute Gasteiger partial charge is 0.462 e. The van der Waals surface area contributed by atoms with Crippen molar-refractivity contribution >= 4 is 35.0 Å². The number of unbranched alkanes of at least 4 members (excludes halogenated alkanes) is 1. The average molecular weight is 387 g/mol. The fourth-order valence-corrected chi connectivity index (χ4v) is 1.69. The maximum absolute atomic E-state index is 12.1. The maximum atomic E-state index is 12.1. The van der Waals surface area contributed by atoms with Crippen LogP contribution in [0.2, 0.25) is 0 Å². The summed E-state index contributed by atoms with van der Waals surface area (Å²) >= 11 is 4.56. The minimum atomic E-state index is -1.12. The number of nitrogen functional groups attached to an aromatic ring is 1. The molecule has 0 atom stereocenters. The molecule has 1 aromatic rings. The summed E-state index contributed by atoms with van der Waals surface area (Å²) in [4.78, 5) is 37.7. The van der Waals surface area contributed by atoms with E-state index in [0.29, 0.717) is 12.8 Å². The topological polar surface area (TPSA) is 166 Å².